The number of rotatable bonds is 1. The van der Waals surface area contributed by atoms with Gasteiger partial charge >= 0.3 is 12.0 Å². The lowest BCUT2D eigenvalue weighted by atomic mass is 9.74. The van der Waals surface area contributed by atoms with Gasteiger partial charge in [-0.1, -0.05) is 23.7 Å². The van der Waals surface area contributed by atoms with Crippen LogP contribution in [-0.4, -0.2) is 42.6 Å². The summed E-state index contributed by atoms with van der Waals surface area (Å²) in [7, 11) is 1.61. The van der Waals surface area contributed by atoms with E-state index in [0.717, 1.165) is 5.56 Å². The number of carbonyl (C=O) groups is 3. The molecule has 1 aromatic rings. The maximum absolute atomic E-state index is 12.5. The molecule has 3 aliphatic rings. The zero-order valence-electron chi connectivity index (χ0n) is 12.7. The number of urea groups is 1. The number of benzene rings is 1. The molecule has 1 fully saturated rings. The van der Waals surface area contributed by atoms with Crippen molar-refractivity contribution in [3.63, 3.8) is 0 Å². The second-order valence-electron chi connectivity index (χ2n) is 6.02. The van der Waals surface area contributed by atoms with Gasteiger partial charge in [-0.3, -0.25) is 10.1 Å². The third kappa shape index (κ3) is 2.08. The molecule has 3 atom stereocenters. The molecule has 0 aromatic heterocycles. The van der Waals surface area contributed by atoms with Crippen LogP contribution in [0.15, 0.2) is 35.5 Å². The van der Waals surface area contributed by atoms with Crippen molar-refractivity contribution >= 4 is 29.5 Å². The van der Waals surface area contributed by atoms with Crippen LogP contribution in [0.4, 0.5) is 4.79 Å². The van der Waals surface area contributed by atoms with Crippen LogP contribution >= 0.6 is 11.6 Å². The summed E-state index contributed by atoms with van der Waals surface area (Å²) in [6.07, 6.45) is -0.542. The number of imide groups is 1. The zero-order valence-corrected chi connectivity index (χ0v) is 13.5. The maximum atomic E-state index is 12.5. The topological polar surface area (TPSA) is 87.7 Å². The SMILES string of the molecule is CN1C(=O)NC(=O)C2C(c3ccc(Cl)cc3)C3=C(COC3=O)NC21. The predicted octanol–water partition coefficient (Wildman–Crippen LogP) is 0.962. The highest BCUT2D eigenvalue weighted by atomic mass is 35.5. The minimum Gasteiger partial charge on any atom is -0.456 e. The van der Waals surface area contributed by atoms with Gasteiger partial charge in [0.15, 0.2) is 0 Å². The molecular formula is C16H14ClN3O4. The Morgan fingerprint density at radius 3 is 2.62 bits per heavy atom. The fourth-order valence-electron chi connectivity index (χ4n) is 3.56. The maximum Gasteiger partial charge on any atom is 0.336 e. The lowest BCUT2D eigenvalue weighted by Crippen LogP contribution is -2.66. The van der Waals surface area contributed by atoms with Crippen molar-refractivity contribution in [2.45, 2.75) is 12.1 Å². The van der Waals surface area contributed by atoms with E-state index in [0.29, 0.717) is 16.3 Å². The number of nitrogens with zero attached hydrogens (tertiary/aromatic N) is 1. The molecule has 0 aliphatic carbocycles. The Kier molecular flexibility index (Phi) is 3.28. The van der Waals surface area contributed by atoms with Crippen molar-refractivity contribution < 1.29 is 19.1 Å². The van der Waals surface area contributed by atoms with E-state index in [1.54, 1.807) is 31.3 Å². The predicted molar refractivity (Wildman–Crippen MR) is 83.9 cm³/mol. The molecular weight excluding hydrogens is 334 g/mol. The van der Waals surface area contributed by atoms with Gasteiger partial charge in [0.2, 0.25) is 5.91 Å². The number of ether oxygens (including phenoxy) is 1. The van der Waals surface area contributed by atoms with E-state index >= 15 is 0 Å². The van der Waals surface area contributed by atoms with Gasteiger partial charge in [-0.05, 0) is 17.7 Å². The first-order valence-corrected chi connectivity index (χ1v) is 7.85. The number of hydrogen-bond acceptors (Lipinski definition) is 5. The number of amides is 3. The average molecular weight is 348 g/mol. The lowest BCUT2D eigenvalue weighted by Gasteiger charge is -2.45. The fourth-order valence-corrected chi connectivity index (χ4v) is 3.69. The molecule has 0 radical (unpaired) electrons. The summed E-state index contributed by atoms with van der Waals surface area (Å²) in [6.45, 7) is 0.116. The number of esters is 1. The van der Waals surface area contributed by atoms with Crippen LogP contribution in [0.25, 0.3) is 0 Å². The molecule has 3 unspecified atom stereocenters. The van der Waals surface area contributed by atoms with Gasteiger partial charge in [-0.25, -0.2) is 9.59 Å². The summed E-state index contributed by atoms with van der Waals surface area (Å²) in [5.74, 6) is -2.00. The third-order valence-corrected chi connectivity index (χ3v) is 4.98. The molecule has 3 aliphatic heterocycles. The summed E-state index contributed by atoms with van der Waals surface area (Å²) >= 11 is 5.95. The van der Waals surface area contributed by atoms with Crippen molar-refractivity contribution in [1.29, 1.82) is 0 Å². The standard InChI is InChI=1S/C16H14ClN3O4/c1-20-13-12(14(21)19-16(20)23)10(7-2-4-8(17)5-3-7)11-9(18-13)6-24-15(11)22/h2-5,10,12-13,18H,6H2,1H3,(H,19,21,23). The Labute approximate surface area is 142 Å². The van der Waals surface area contributed by atoms with E-state index in [2.05, 4.69) is 10.6 Å². The van der Waals surface area contributed by atoms with Crippen molar-refractivity contribution in [2.24, 2.45) is 5.92 Å². The Morgan fingerprint density at radius 2 is 1.92 bits per heavy atom. The molecule has 3 amide bonds. The van der Waals surface area contributed by atoms with E-state index in [9.17, 15) is 14.4 Å². The number of halogens is 1. The molecule has 124 valence electrons. The summed E-state index contributed by atoms with van der Waals surface area (Å²) in [5.41, 5.74) is 1.84. The molecule has 8 heteroatoms. The van der Waals surface area contributed by atoms with Crippen molar-refractivity contribution in [3.8, 4) is 0 Å². The third-order valence-electron chi connectivity index (χ3n) is 4.72. The Morgan fingerprint density at radius 1 is 1.21 bits per heavy atom. The first-order chi connectivity index (χ1) is 11.5. The van der Waals surface area contributed by atoms with Gasteiger partial charge in [0.25, 0.3) is 0 Å². The fraction of sp³-hybridized carbons (Fsp3) is 0.312. The van der Waals surface area contributed by atoms with Crippen molar-refractivity contribution in [2.75, 3.05) is 13.7 Å². The van der Waals surface area contributed by atoms with Crippen LogP contribution in [0, 0.1) is 5.92 Å². The molecule has 0 saturated carbocycles. The molecule has 1 aromatic carbocycles. The quantitative estimate of drug-likeness (QED) is 0.739. The first kappa shape index (κ1) is 15.0. The van der Waals surface area contributed by atoms with E-state index in [4.69, 9.17) is 16.3 Å². The van der Waals surface area contributed by atoms with E-state index < -0.39 is 35.9 Å². The Bertz CT molecular complexity index is 789. The van der Waals surface area contributed by atoms with Gasteiger partial charge in [0, 0.05) is 18.0 Å². The summed E-state index contributed by atoms with van der Waals surface area (Å²) in [4.78, 5) is 38.1. The molecule has 1 saturated heterocycles. The Hall–Kier alpha value is -2.54. The number of hydrogen-bond donors (Lipinski definition) is 2. The molecule has 0 bridgehead atoms. The van der Waals surface area contributed by atoms with Gasteiger partial charge in [-0.2, -0.15) is 0 Å². The molecule has 24 heavy (non-hydrogen) atoms. The Balaban J connectivity index is 1.87. The molecule has 0 spiro atoms. The lowest BCUT2D eigenvalue weighted by molar-refractivity contribution is -0.136. The minimum atomic E-state index is -0.640. The second kappa shape index (κ2) is 5.24. The second-order valence-corrected chi connectivity index (χ2v) is 6.45. The average Bonchev–Trinajstić information content (AvgIpc) is 2.93. The monoisotopic (exact) mass is 347 g/mol. The summed E-state index contributed by atoms with van der Waals surface area (Å²) < 4.78 is 5.14. The highest BCUT2D eigenvalue weighted by Crippen LogP contribution is 2.43. The highest BCUT2D eigenvalue weighted by molar-refractivity contribution is 6.30. The van der Waals surface area contributed by atoms with Gasteiger partial charge < -0.3 is 15.0 Å². The molecule has 3 heterocycles. The van der Waals surface area contributed by atoms with E-state index in [1.807, 2.05) is 0 Å². The number of carbonyl (C=O) groups excluding carboxylic acids is 3. The molecule has 2 N–H and O–H groups in total. The number of fused-ring (bicyclic) bond motifs is 1. The van der Waals surface area contributed by atoms with Crippen LogP contribution in [-0.2, 0) is 14.3 Å². The van der Waals surface area contributed by atoms with Gasteiger partial charge in [0.1, 0.15) is 12.8 Å². The van der Waals surface area contributed by atoms with Crippen LogP contribution in [0.2, 0.25) is 5.02 Å². The highest BCUT2D eigenvalue weighted by Gasteiger charge is 2.52. The minimum absolute atomic E-state index is 0.116. The van der Waals surface area contributed by atoms with Crippen LogP contribution < -0.4 is 10.6 Å². The zero-order chi connectivity index (χ0) is 17.0. The first-order valence-electron chi connectivity index (χ1n) is 7.47. The largest absolute Gasteiger partial charge is 0.456 e. The summed E-state index contributed by atoms with van der Waals surface area (Å²) in [5, 5.41) is 6.03. The van der Waals surface area contributed by atoms with Crippen LogP contribution in [0.5, 0.6) is 0 Å². The van der Waals surface area contributed by atoms with E-state index in [1.165, 1.54) is 4.90 Å². The van der Waals surface area contributed by atoms with Crippen LogP contribution in [0.3, 0.4) is 0 Å². The summed E-state index contributed by atoms with van der Waals surface area (Å²) in [6, 6.07) is 6.52. The van der Waals surface area contributed by atoms with Gasteiger partial charge in [-0.15, -0.1) is 0 Å². The number of nitrogens with one attached hydrogen (secondary N) is 2. The van der Waals surface area contributed by atoms with Crippen LogP contribution in [0.1, 0.15) is 11.5 Å². The number of cyclic esters (lactones) is 1. The smallest absolute Gasteiger partial charge is 0.336 e. The van der Waals surface area contributed by atoms with Crippen molar-refractivity contribution in [1.82, 2.24) is 15.5 Å². The van der Waals surface area contributed by atoms with Gasteiger partial charge in [0.05, 0.1) is 17.2 Å². The molecule has 4 rings (SSSR count). The van der Waals surface area contributed by atoms with Crippen molar-refractivity contribution in [3.05, 3.63) is 46.1 Å². The molecule has 7 nitrogen and oxygen atoms in total. The van der Waals surface area contributed by atoms with E-state index in [-0.39, 0.29) is 6.61 Å². The normalized spacial score (nSPS) is 28.8.